The van der Waals surface area contributed by atoms with E-state index in [4.69, 9.17) is 30.8 Å². The molecule has 0 aliphatic heterocycles. The summed E-state index contributed by atoms with van der Waals surface area (Å²) in [5.74, 6) is 1.75. The number of rotatable bonds is 8. The van der Waals surface area contributed by atoms with Crippen molar-refractivity contribution in [2.75, 3.05) is 32.2 Å². The van der Waals surface area contributed by atoms with Gasteiger partial charge in [0, 0.05) is 45.2 Å². The van der Waals surface area contributed by atoms with Crippen molar-refractivity contribution in [3.8, 4) is 22.8 Å². The van der Waals surface area contributed by atoms with Crippen molar-refractivity contribution in [1.82, 2.24) is 29.7 Å². The summed E-state index contributed by atoms with van der Waals surface area (Å²) < 4.78 is 12.3. The Morgan fingerprint density at radius 1 is 1.22 bits per heavy atom. The molecule has 0 aromatic carbocycles. The van der Waals surface area contributed by atoms with Crippen LogP contribution in [-0.2, 0) is 11.3 Å². The maximum atomic E-state index is 11.6. The minimum atomic E-state index is -0.644. The Morgan fingerprint density at radius 3 is 2.72 bits per heavy atom. The van der Waals surface area contributed by atoms with E-state index in [-0.39, 0.29) is 5.82 Å². The van der Waals surface area contributed by atoms with Crippen LogP contribution in [0.1, 0.15) is 32.6 Å². The van der Waals surface area contributed by atoms with Crippen LogP contribution in [0.4, 0.5) is 5.95 Å². The maximum absolute atomic E-state index is 11.6. The number of nitrogens with zero attached hydrogens (tertiary/aromatic N) is 6. The lowest BCUT2D eigenvalue weighted by molar-refractivity contribution is 0.205. The average Bonchev–Trinajstić information content (AvgIpc) is 3.47. The van der Waals surface area contributed by atoms with Gasteiger partial charge in [0.2, 0.25) is 11.8 Å². The van der Waals surface area contributed by atoms with Gasteiger partial charge in [-0.05, 0) is 36.8 Å². The first-order valence-corrected chi connectivity index (χ1v) is 12.6. The molecule has 190 valence electrons. The molecule has 1 aliphatic carbocycles. The number of hydrogen-bond donors (Lipinski definition) is 1. The Bertz CT molecular complexity index is 1400. The summed E-state index contributed by atoms with van der Waals surface area (Å²) in [7, 11) is 3.71. The van der Waals surface area contributed by atoms with Crippen molar-refractivity contribution in [2.45, 2.75) is 39.2 Å². The molecule has 0 bridgehead atoms. The summed E-state index contributed by atoms with van der Waals surface area (Å²) in [6.45, 7) is 4.43. The van der Waals surface area contributed by atoms with Crippen molar-refractivity contribution in [3.63, 3.8) is 0 Å². The van der Waals surface area contributed by atoms with Crippen LogP contribution in [-0.4, -0.2) is 57.0 Å². The van der Waals surface area contributed by atoms with Gasteiger partial charge in [0.25, 0.3) is 0 Å². The van der Waals surface area contributed by atoms with Crippen LogP contribution in [0, 0.1) is 11.8 Å². The number of nitrogens with one attached hydrogen (secondary N) is 1. The average molecular weight is 512 g/mol. The number of halogens is 1. The Morgan fingerprint density at radius 2 is 2.03 bits per heavy atom. The number of methoxy groups -OCH3 is 1. The third-order valence-corrected chi connectivity index (χ3v) is 7.12. The summed E-state index contributed by atoms with van der Waals surface area (Å²) in [6.07, 6.45) is 8.16. The van der Waals surface area contributed by atoms with E-state index < -0.39 is 5.76 Å². The second-order valence-electron chi connectivity index (χ2n) is 9.62. The SMILES string of the molecule is COCCN(C)c1nc2cc(-c3noc(=O)[nH]3)nc(-c3cncc(Cl)c3)c2n1C[C@H]1CC[C@H](C)CC1. The number of ether oxygens (including phenoxy) is 1. The fraction of sp³-hybridized carbons (Fsp3) is 0.480. The zero-order valence-corrected chi connectivity index (χ0v) is 21.5. The zero-order valence-electron chi connectivity index (χ0n) is 20.7. The van der Waals surface area contributed by atoms with Crippen LogP contribution in [0.25, 0.3) is 33.8 Å². The van der Waals surface area contributed by atoms with Crippen molar-refractivity contribution < 1.29 is 9.26 Å². The Hall–Kier alpha value is -3.24. The Balaban J connectivity index is 1.71. The van der Waals surface area contributed by atoms with E-state index in [1.54, 1.807) is 19.5 Å². The van der Waals surface area contributed by atoms with Crippen LogP contribution in [0.15, 0.2) is 33.8 Å². The summed E-state index contributed by atoms with van der Waals surface area (Å²) in [4.78, 5) is 30.6. The topological polar surface area (TPSA) is 115 Å². The highest BCUT2D eigenvalue weighted by atomic mass is 35.5. The lowest BCUT2D eigenvalue weighted by atomic mass is 9.83. The fourth-order valence-electron chi connectivity index (χ4n) is 4.91. The van der Waals surface area contributed by atoms with Crippen molar-refractivity contribution >= 4 is 28.6 Å². The number of aromatic amines is 1. The van der Waals surface area contributed by atoms with E-state index in [1.807, 2.05) is 19.2 Å². The quantitative estimate of drug-likeness (QED) is 0.370. The molecule has 1 N–H and O–H groups in total. The molecule has 5 rings (SSSR count). The molecule has 1 aliphatic rings. The van der Waals surface area contributed by atoms with Crippen LogP contribution in [0.2, 0.25) is 5.02 Å². The number of aromatic nitrogens is 6. The molecule has 0 saturated heterocycles. The first kappa shape index (κ1) is 24.5. The third kappa shape index (κ3) is 5.01. The van der Waals surface area contributed by atoms with E-state index in [1.165, 1.54) is 25.7 Å². The Kier molecular flexibility index (Phi) is 7.06. The largest absolute Gasteiger partial charge is 0.439 e. The van der Waals surface area contributed by atoms with Gasteiger partial charge < -0.3 is 14.2 Å². The van der Waals surface area contributed by atoms with Gasteiger partial charge in [-0.1, -0.05) is 36.5 Å². The molecule has 10 nitrogen and oxygen atoms in total. The first-order chi connectivity index (χ1) is 17.4. The first-order valence-electron chi connectivity index (χ1n) is 12.2. The normalized spacial score (nSPS) is 18.1. The zero-order chi connectivity index (χ0) is 25.2. The highest BCUT2D eigenvalue weighted by Gasteiger charge is 2.26. The summed E-state index contributed by atoms with van der Waals surface area (Å²) in [5.41, 5.74) is 3.51. The number of hydrogen-bond acceptors (Lipinski definition) is 8. The molecule has 0 unspecified atom stereocenters. The van der Waals surface area contributed by atoms with Gasteiger partial charge in [-0.3, -0.25) is 14.5 Å². The molecule has 36 heavy (non-hydrogen) atoms. The van der Waals surface area contributed by atoms with Crippen LogP contribution >= 0.6 is 11.6 Å². The van der Waals surface area contributed by atoms with Gasteiger partial charge in [-0.25, -0.2) is 14.8 Å². The summed E-state index contributed by atoms with van der Waals surface area (Å²) >= 11 is 6.32. The molecule has 0 amide bonds. The maximum Gasteiger partial charge on any atom is 0.439 e. The van der Waals surface area contributed by atoms with Gasteiger partial charge in [-0.2, -0.15) is 0 Å². The highest BCUT2D eigenvalue weighted by molar-refractivity contribution is 6.30. The number of H-pyrrole nitrogens is 1. The predicted octanol–water partition coefficient (Wildman–Crippen LogP) is 4.40. The lowest BCUT2D eigenvalue weighted by Gasteiger charge is -2.28. The predicted molar refractivity (Wildman–Crippen MR) is 138 cm³/mol. The molecule has 11 heteroatoms. The summed E-state index contributed by atoms with van der Waals surface area (Å²) in [6, 6.07) is 3.66. The molecule has 1 saturated carbocycles. The lowest BCUT2D eigenvalue weighted by Crippen LogP contribution is -2.27. The Labute approximate surface area is 213 Å². The standard InChI is InChI=1S/C25H30ClN7O3/c1-15-4-6-16(7-5-15)14-33-22-19(29-24(33)32(2)8-9-35-3)11-20(23-30-25(34)36-31-23)28-21(22)17-10-18(26)13-27-12-17/h10-13,15-16H,4-9,14H2,1-3H3,(H,30,31,34)/t15-,16-. The molecule has 4 aromatic rings. The van der Waals surface area contributed by atoms with Gasteiger partial charge >= 0.3 is 5.76 Å². The number of imidazole rings is 1. The van der Waals surface area contributed by atoms with Gasteiger partial charge in [0.05, 0.1) is 28.4 Å². The van der Waals surface area contributed by atoms with Gasteiger partial charge in [0.15, 0.2) is 0 Å². The second-order valence-corrected chi connectivity index (χ2v) is 10.1. The minimum Gasteiger partial charge on any atom is -0.383 e. The number of likely N-dealkylation sites (N-methyl/N-ethyl adjacent to an activating group) is 1. The van der Waals surface area contributed by atoms with E-state index >= 15 is 0 Å². The van der Waals surface area contributed by atoms with Crippen LogP contribution in [0.5, 0.6) is 0 Å². The smallest absolute Gasteiger partial charge is 0.383 e. The number of anilines is 1. The van der Waals surface area contributed by atoms with Crippen molar-refractivity contribution in [1.29, 1.82) is 0 Å². The molecular weight excluding hydrogens is 482 g/mol. The van der Waals surface area contributed by atoms with Crippen molar-refractivity contribution in [2.24, 2.45) is 11.8 Å². The van der Waals surface area contributed by atoms with E-state index in [0.29, 0.717) is 35.5 Å². The molecule has 0 spiro atoms. The van der Waals surface area contributed by atoms with Gasteiger partial charge in [-0.15, -0.1) is 0 Å². The number of pyridine rings is 2. The van der Waals surface area contributed by atoms with Crippen molar-refractivity contribution in [3.05, 3.63) is 40.1 Å². The number of fused-ring (bicyclic) bond motifs is 1. The molecule has 0 radical (unpaired) electrons. The molecular formula is C25H30ClN7O3. The van der Waals surface area contributed by atoms with E-state index in [2.05, 4.69) is 31.5 Å². The molecule has 0 atom stereocenters. The minimum absolute atomic E-state index is 0.239. The highest BCUT2D eigenvalue weighted by Crippen LogP contribution is 2.36. The molecule has 4 heterocycles. The molecule has 4 aromatic heterocycles. The fourth-order valence-corrected chi connectivity index (χ4v) is 5.08. The van der Waals surface area contributed by atoms with Gasteiger partial charge in [0.1, 0.15) is 5.69 Å². The molecule has 1 fully saturated rings. The summed E-state index contributed by atoms with van der Waals surface area (Å²) in [5, 5.41) is 4.35. The second kappa shape index (κ2) is 10.4. The van der Waals surface area contributed by atoms with E-state index in [9.17, 15) is 4.79 Å². The van der Waals surface area contributed by atoms with Crippen LogP contribution in [0.3, 0.4) is 0 Å². The van der Waals surface area contributed by atoms with Crippen LogP contribution < -0.4 is 10.7 Å². The van der Waals surface area contributed by atoms with E-state index in [0.717, 1.165) is 35.0 Å². The monoisotopic (exact) mass is 511 g/mol. The third-order valence-electron chi connectivity index (χ3n) is 6.91.